The molecule has 1 aromatic rings. The lowest BCUT2D eigenvalue weighted by Crippen LogP contribution is -2.30. The normalized spacial score (nSPS) is 21.6. The van der Waals surface area contributed by atoms with E-state index in [0.717, 1.165) is 25.1 Å². The second kappa shape index (κ2) is 4.95. The van der Waals surface area contributed by atoms with E-state index in [4.69, 9.17) is 11.6 Å². The summed E-state index contributed by atoms with van der Waals surface area (Å²) in [6.45, 7) is 2.15. The highest BCUT2D eigenvalue weighted by atomic mass is 35.5. The zero-order chi connectivity index (χ0) is 10.7. The quantitative estimate of drug-likeness (QED) is 0.819. The van der Waals surface area contributed by atoms with Gasteiger partial charge in [0.2, 0.25) is 0 Å². The fourth-order valence-electron chi connectivity index (χ4n) is 2.16. The molecule has 15 heavy (non-hydrogen) atoms. The Morgan fingerprint density at radius 1 is 1.40 bits per heavy atom. The van der Waals surface area contributed by atoms with Crippen molar-refractivity contribution >= 4 is 11.6 Å². The molecule has 82 valence electrons. The van der Waals surface area contributed by atoms with Gasteiger partial charge in [-0.05, 0) is 62.0 Å². The Morgan fingerprint density at radius 2 is 2.27 bits per heavy atom. The van der Waals surface area contributed by atoms with Gasteiger partial charge in [0.15, 0.2) is 0 Å². The first-order valence-electron chi connectivity index (χ1n) is 5.40. The second-order valence-corrected chi connectivity index (χ2v) is 4.63. The lowest BCUT2D eigenvalue weighted by Gasteiger charge is -2.22. The summed E-state index contributed by atoms with van der Waals surface area (Å²) in [5, 5.41) is 3.85. The minimum Gasteiger partial charge on any atom is -0.316 e. The zero-order valence-electron chi connectivity index (χ0n) is 8.60. The second-order valence-electron chi connectivity index (χ2n) is 4.19. The Labute approximate surface area is 94.6 Å². The molecule has 0 radical (unpaired) electrons. The molecule has 1 aromatic carbocycles. The predicted octanol–water partition coefficient (Wildman–Crippen LogP) is 3.02. The number of hydrogen-bond donors (Lipinski definition) is 1. The largest absolute Gasteiger partial charge is 0.316 e. The molecule has 3 heteroatoms. The molecular formula is C12H15ClFN. The average Bonchev–Trinajstić information content (AvgIpc) is 2.17. The highest BCUT2D eigenvalue weighted by molar-refractivity contribution is 6.30. The van der Waals surface area contributed by atoms with Crippen LogP contribution in [-0.2, 0) is 6.42 Å². The van der Waals surface area contributed by atoms with Crippen LogP contribution in [0.3, 0.4) is 0 Å². The van der Waals surface area contributed by atoms with E-state index in [0.29, 0.717) is 10.9 Å². The van der Waals surface area contributed by atoms with Crippen molar-refractivity contribution in [2.45, 2.75) is 19.3 Å². The summed E-state index contributed by atoms with van der Waals surface area (Å²) in [6.07, 6.45) is 3.36. The lowest BCUT2D eigenvalue weighted by atomic mass is 9.92. The van der Waals surface area contributed by atoms with Crippen LogP contribution in [0.2, 0.25) is 5.02 Å². The van der Waals surface area contributed by atoms with Crippen molar-refractivity contribution in [3.63, 3.8) is 0 Å². The molecular weight excluding hydrogens is 213 g/mol. The maximum Gasteiger partial charge on any atom is 0.124 e. The lowest BCUT2D eigenvalue weighted by molar-refractivity contribution is 0.375. The molecule has 1 aliphatic heterocycles. The molecule has 2 rings (SSSR count). The van der Waals surface area contributed by atoms with Crippen molar-refractivity contribution in [2.24, 2.45) is 5.92 Å². The molecule has 0 saturated carbocycles. The number of halogens is 2. The molecule has 1 fully saturated rings. The number of nitrogens with one attached hydrogen (secondary N) is 1. The van der Waals surface area contributed by atoms with Crippen LogP contribution in [0.5, 0.6) is 0 Å². The highest BCUT2D eigenvalue weighted by Crippen LogP contribution is 2.20. The SMILES string of the molecule is Fc1cc(Cl)cc(CC2CCCNC2)c1. The van der Waals surface area contributed by atoms with Crippen molar-refractivity contribution in [3.05, 3.63) is 34.6 Å². The van der Waals surface area contributed by atoms with Gasteiger partial charge in [0.1, 0.15) is 5.82 Å². The maximum atomic E-state index is 13.1. The molecule has 1 aliphatic rings. The summed E-state index contributed by atoms with van der Waals surface area (Å²) in [4.78, 5) is 0. The van der Waals surface area contributed by atoms with E-state index in [1.807, 2.05) is 6.07 Å². The van der Waals surface area contributed by atoms with Gasteiger partial charge in [-0.2, -0.15) is 0 Å². The smallest absolute Gasteiger partial charge is 0.124 e. The fraction of sp³-hybridized carbons (Fsp3) is 0.500. The average molecular weight is 228 g/mol. The Kier molecular flexibility index (Phi) is 3.60. The standard InChI is InChI=1S/C12H15ClFN/c13-11-5-10(6-12(14)7-11)4-9-2-1-3-15-8-9/h5-7,9,15H,1-4,8H2. The van der Waals surface area contributed by atoms with Gasteiger partial charge in [0.25, 0.3) is 0 Å². The van der Waals surface area contributed by atoms with Crippen LogP contribution in [0, 0.1) is 11.7 Å². The van der Waals surface area contributed by atoms with Gasteiger partial charge in [-0.1, -0.05) is 11.6 Å². The van der Waals surface area contributed by atoms with Crippen LogP contribution in [0.4, 0.5) is 4.39 Å². The van der Waals surface area contributed by atoms with Crippen molar-refractivity contribution in [1.29, 1.82) is 0 Å². The van der Waals surface area contributed by atoms with E-state index < -0.39 is 0 Å². The third-order valence-corrected chi connectivity index (χ3v) is 3.06. The molecule has 1 unspecified atom stereocenters. The minimum absolute atomic E-state index is 0.235. The predicted molar refractivity (Wildman–Crippen MR) is 60.7 cm³/mol. The topological polar surface area (TPSA) is 12.0 Å². The van der Waals surface area contributed by atoms with Gasteiger partial charge in [-0.3, -0.25) is 0 Å². The van der Waals surface area contributed by atoms with E-state index >= 15 is 0 Å². The zero-order valence-corrected chi connectivity index (χ0v) is 9.36. The van der Waals surface area contributed by atoms with Crippen LogP contribution < -0.4 is 5.32 Å². The monoisotopic (exact) mass is 227 g/mol. The summed E-state index contributed by atoms with van der Waals surface area (Å²) in [7, 11) is 0. The van der Waals surface area contributed by atoms with E-state index in [1.54, 1.807) is 6.07 Å². The third kappa shape index (κ3) is 3.18. The van der Waals surface area contributed by atoms with Crippen molar-refractivity contribution in [1.82, 2.24) is 5.32 Å². The molecule has 1 saturated heterocycles. The Bertz CT molecular complexity index is 314. The summed E-state index contributed by atoms with van der Waals surface area (Å²) in [6, 6.07) is 4.80. The number of hydrogen-bond acceptors (Lipinski definition) is 1. The molecule has 0 amide bonds. The van der Waals surface area contributed by atoms with E-state index in [2.05, 4.69) is 5.32 Å². The third-order valence-electron chi connectivity index (χ3n) is 2.85. The summed E-state index contributed by atoms with van der Waals surface area (Å²) < 4.78 is 13.1. The van der Waals surface area contributed by atoms with Crippen LogP contribution >= 0.6 is 11.6 Å². The van der Waals surface area contributed by atoms with Crippen LogP contribution in [0.15, 0.2) is 18.2 Å². The van der Waals surface area contributed by atoms with Crippen molar-refractivity contribution in [3.8, 4) is 0 Å². The van der Waals surface area contributed by atoms with E-state index in [9.17, 15) is 4.39 Å². The van der Waals surface area contributed by atoms with Gasteiger partial charge >= 0.3 is 0 Å². The van der Waals surface area contributed by atoms with Crippen LogP contribution in [0.1, 0.15) is 18.4 Å². The number of rotatable bonds is 2. The Hall–Kier alpha value is -0.600. The van der Waals surface area contributed by atoms with Crippen LogP contribution in [0.25, 0.3) is 0 Å². The van der Waals surface area contributed by atoms with Gasteiger partial charge < -0.3 is 5.32 Å². The number of piperidine rings is 1. The first kappa shape index (κ1) is 10.9. The van der Waals surface area contributed by atoms with Gasteiger partial charge in [-0.25, -0.2) is 4.39 Å². The van der Waals surface area contributed by atoms with Crippen LogP contribution in [-0.4, -0.2) is 13.1 Å². The maximum absolute atomic E-state index is 13.1. The Balaban J connectivity index is 2.02. The molecule has 0 spiro atoms. The first-order chi connectivity index (χ1) is 7.24. The molecule has 0 aromatic heterocycles. The van der Waals surface area contributed by atoms with Gasteiger partial charge in [0, 0.05) is 5.02 Å². The molecule has 1 nitrogen and oxygen atoms in total. The first-order valence-corrected chi connectivity index (χ1v) is 5.77. The molecule has 1 atom stereocenters. The minimum atomic E-state index is -0.235. The van der Waals surface area contributed by atoms with E-state index in [-0.39, 0.29) is 5.82 Å². The molecule has 0 bridgehead atoms. The highest BCUT2D eigenvalue weighted by Gasteiger charge is 2.13. The number of benzene rings is 1. The molecule has 0 aliphatic carbocycles. The van der Waals surface area contributed by atoms with Crippen molar-refractivity contribution < 1.29 is 4.39 Å². The van der Waals surface area contributed by atoms with Crippen molar-refractivity contribution in [2.75, 3.05) is 13.1 Å². The summed E-state index contributed by atoms with van der Waals surface area (Å²) in [5.74, 6) is 0.387. The summed E-state index contributed by atoms with van der Waals surface area (Å²) >= 11 is 5.81. The molecule has 1 heterocycles. The Morgan fingerprint density at radius 3 is 2.93 bits per heavy atom. The van der Waals surface area contributed by atoms with Gasteiger partial charge in [0.05, 0.1) is 0 Å². The molecule has 1 N–H and O–H groups in total. The van der Waals surface area contributed by atoms with E-state index in [1.165, 1.54) is 18.9 Å². The fourth-order valence-corrected chi connectivity index (χ4v) is 2.40. The van der Waals surface area contributed by atoms with Gasteiger partial charge in [-0.15, -0.1) is 0 Å². The summed E-state index contributed by atoms with van der Waals surface area (Å²) in [5.41, 5.74) is 1.01.